The number of aliphatic hydroxyl groups excluding tert-OH is 1. The van der Waals surface area contributed by atoms with Gasteiger partial charge in [0.15, 0.2) is 0 Å². The van der Waals surface area contributed by atoms with Gasteiger partial charge in [0.2, 0.25) is 11.8 Å². The van der Waals surface area contributed by atoms with Crippen LogP contribution in [0.5, 0.6) is 0 Å². The number of rotatable bonds is 21. The summed E-state index contributed by atoms with van der Waals surface area (Å²) in [6, 6.07) is 17.2. The van der Waals surface area contributed by atoms with Crippen molar-refractivity contribution in [2.45, 2.75) is 44.6 Å². The number of H-pyrrole nitrogens is 1. The van der Waals surface area contributed by atoms with Gasteiger partial charge in [-0.25, -0.2) is 0 Å². The predicted octanol–water partition coefficient (Wildman–Crippen LogP) is 4.27. The molecule has 0 fully saturated rings. The van der Waals surface area contributed by atoms with Crippen molar-refractivity contribution in [1.82, 2.24) is 15.6 Å². The number of carbonyl (C=O) groups excluding carboxylic acids is 3. The average Bonchev–Trinajstić information content (AvgIpc) is 3.44. The molecule has 3 aromatic rings. The van der Waals surface area contributed by atoms with Crippen molar-refractivity contribution in [3.8, 4) is 0 Å². The van der Waals surface area contributed by atoms with Gasteiger partial charge in [-0.2, -0.15) is 0 Å². The zero-order valence-corrected chi connectivity index (χ0v) is 25.3. The zero-order chi connectivity index (χ0) is 31.6. The van der Waals surface area contributed by atoms with Crippen LogP contribution in [0.25, 0.3) is 10.9 Å². The summed E-state index contributed by atoms with van der Waals surface area (Å²) in [6.45, 7) is 8.19. The monoisotopic (exact) mass is 603 g/mol. The number of esters is 1. The number of hydrogen-bond acceptors (Lipinski definition) is 6. The summed E-state index contributed by atoms with van der Waals surface area (Å²) in [6.07, 6.45) is 7.86. The summed E-state index contributed by atoms with van der Waals surface area (Å²) in [4.78, 5) is 42.7. The number of amides is 2. The molecule has 0 bridgehead atoms. The van der Waals surface area contributed by atoms with Crippen molar-refractivity contribution >= 4 is 28.7 Å². The van der Waals surface area contributed by atoms with Crippen molar-refractivity contribution in [2.75, 3.05) is 33.0 Å². The maximum Gasteiger partial charge on any atom is 0.309 e. The molecule has 2 amide bonds. The SMILES string of the molecule is C=CCCC(Cc1ccccc1)C(=O)OCC(Cc1c[nH]c2ccccc12)NC(=O)C(CC=C)CC(=O)NCCOCCO. The Morgan fingerprint density at radius 1 is 0.955 bits per heavy atom. The van der Waals surface area contributed by atoms with E-state index >= 15 is 0 Å². The highest BCUT2D eigenvalue weighted by molar-refractivity contribution is 5.86. The van der Waals surface area contributed by atoms with Gasteiger partial charge < -0.3 is 30.2 Å². The molecule has 0 aliphatic rings. The number of aromatic amines is 1. The molecule has 9 nitrogen and oxygen atoms in total. The minimum atomic E-state index is -0.648. The number of carbonyl (C=O) groups is 3. The van der Waals surface area contributed by atoms with Crippen LogP contribution in [0.1, 0.15) is 36.8 Å². The molecule has 1 heterocycles. The fourth-order valence-electron chi connectivity index (χ4n) is 5.07. The second-order valence-electron chi connectivity index (χ2n) is 10.8. The summed E-state index contributed by atoms with van der Waals surface area (Å²) >= 11 is 0. The molecule has 0 radical (unpaired) electrons. The van der Waals surface area contributed by atoms with Gasteiger partial charge in [-0.05, 0) is 49.3 Å². The standard InChI is InChI=1S/C35H45N3O6/c1-3-5-14-28(21-26-12-7-6-8-13-26)35(42)44-25-30(22-29-24-37-32-16-10-9-15-31(29)32)38-34(41)27(11-4-2)23-33(40)36-17-19-43-20-18-39/h3-4,6-10,12-13,15-16,24,27-28,30,37,39H,1-2,5,11,14,17-23,25H2,(H,36,40)(H,38,41). The van der Waals surface area contributed by atoms with Crippen LogP contribution in [-0.4, -0.2) is 66.9 Å². The van der Waals surface area contributed by atoms with Crippen molar-refractivity contribution in [3.05, 3.63) is 97.2 Å². The Kier molecular flexibility index (Phi) is 14.9. The topological polar surface area (TPSA) is 130 Å². The van der Waals surface area contributed by atoms with E-state index in [0.717, 1.165) is 22.0 Å². The number of benzene rings is 2. The van der Waals surface area contributed by atoms with Crippen LogP contribution in [0.4, 0.5) is 0 Å². The fourth-order valence-corrected chi connectivity index (χ4v) is 5.07. The molecule has 3 unspecified atom stereocenters. The van der Waals surface area contributed by atoms with E-state index in [4.69, 9.17) is 14.6 Å². The molecule has 1 aromatic heterocycles. The molecule has 2 aromatic carbocycles. The highest BCUT2D eigenvalue weighted by Crippen LogP contribution is 2.21. The molecule has 0 aliphatic carbocycles. The Hall–Kier alpha value is -4.21. The van der Waals surface area contributed by atoms with Crippen LogP contribution in [0, 0.1) is 11.8 Å². The molecule has 3 atom stereocenters. The third-order valence-corrected chi connectivity index (χ3v) is 7.35. The molecule has 3 rings (SSSR count). The zero-order valence-electron chi connectivity index (χ0n) is 25.3. The van der Waals surface area contributed by atoms with Crippen LogP contribution >= 0.6 is 0 Å². The van der Waals surface area contributed by atoms with E-state index < -0.39 is 12.0 Å². The smallest absolute Gasteiger partial charge is 0.309 e. The molecular weight excluding hydrogens is 558 g/mol. The molecular formula is C35H45N3O6. The number of fused-ring (bicyclic) bond motifs is 1. The summed E-state index contributed by atoms with van der Waals surface area (Å²) in [5.74, 6) is -1.92. The maximum atomic E-state index is 13.5. The molecule has 0 saturated heterocycles. The maximum absolute atomic E-state index is 13.5. The minimum Gasteiger partial charge on any atom is -0.463 e. The number of aliphatic hydroxyl groups is 1. The second-order valence-corrected chi connectivity index (χ2v) is 10.8. The van der Waals surface area contributed by atoms with E-state index in [0.29, 0.717) is 32.1 Å². The number of para-hydroxylation sites is 1. The molecule has 0 spiro atoms. The Labute approximate surface area is 259 Å². The lowest BCUT2D eigenvalue weighted by Crippen LogP contribution is -2.44. The molecule has 44 heavy (non-hydrogen) atoms. The molecule has 4 N–H and O–H groups in total. The van der Waals surface area contributed by atoms with Gasteiger partial charge in [0.1, 0.15) is 6.61 Å². The lowest BCUT2D eigenvalue weighted by atomic mass is 9.95. The van der Waals surface area contributed by atoms with Gasteiger partial charge in [0.05, 0.1) is 37.7 Å². The van der Waals surface area contributed by atoms with Crippen LogP contribution in [0.2, 0.25) is 0 Å². The van der Waals surface area contributed by atoms with Crippen LogP contribution in [-0.2, 0) is 36.7 Å². The van der Waals surface area contributed by atoms with Gasteiger partial charge in [-0.3, -0.25) is 14.4 Å². The first kappa shape index (κ1) is 34.3. The molecule has 236 valence electrons. The highest BCUT2D eigenvalue weighted by atomic mass is 16.5. The quantitative estimate of drug-likeness (QED) is 0.0818. The molecule has 0 aliphatic heterocycles. The van der Waals surface area contributed by atoms with Crippen LogP contribution in [0.3, 0.4) is 0 Å². The Bertz CT molecular complexity index is 1340. The predicted molar refractivity (Wildman–Crippen MR) is 172 cm³/mol. The third kappa shape index (κ3) is 11.5. The average molecular weight is 604 g/mol. The van der Waals surface area contributed by atoms with E-state index in [-0.39, 0.29) is 63.1 Å². The number of aromatic nitrogens is 1. The number of ether oxygens (including phenoxy) is 2. The van der Waals surface area contributed by atoms with Crippen LogP contribution in [0.15, 0.2) is 86.1 Å². The van der Waals surface area contributed by atoms with Crippen molar-refractivity contribution in [1.29, 1.82) is 0 Å². The second kappa shape index (κ2) is 19.1. The summed E-state index contributed by atoms with van der Waals surface area (Å²) < 4.78 is 11.0. The van der Waals surface area contributed by atoms with Gasteiger partial charge >= 0.3 is 5.97 Å². The Balaban J connectivity index is 1.71. The summed E-state index contributed by atoms with van der Waals surface area (Å²) in [5.41, 5.74) is 3.00. The summed E-state index contributed by atoms with van der Waals surface area (Å²) in [7, 11) is 0. The Morgan fingerprint density at radius 2 is 1.73 bits per heavy atom. The summed E-state index contributed by atoms with van der Waals surface area (Å²) in [5, 5.41) is 15.6. The lowest BCUT2D eigenvalue weighted by Gasteiger charge is -2.23. The van der Waals surface area contributed by atoms with Gasteiger partial charge in [-0.1, -0.05) is 60.7 Å². The first-order chi connectivity index (χ1) is 21.4. The van der Waals surface area contributed by atoms with Crippen molar-refractivity contribution in [2.24, 2.45) is 11.8 Å². The van der Waals surface area contributed by atoms with E-state index in [9.17, 15) is 14.4 Å². The van der Waals surface area contributed by atoms with Gasteiger partial charge in [0, 0.05) is 30.1 Å². The minimum absolute atomic E-state index is 0.0152. The third-order valence-electron chi connectivity index (χ3n) is 7.35. The first-order valence-corrected chi connectivity index (χ1v) is 15.2. The normalized spacial score (nSPS) is 13.0. The largest absolute Gasteiger partial charge is 0.463 e. The first-order valence-electron chi connectivity index (χ1n) is 15.2. The molecule has 9 heteroatoms. The van der Waals surface area contributed by atoms with E-state index in [2.05, 4.69) is 28.8 Å². The van der Waals surface area contributed by atoms with Crippen molar-refractivity contribution < 1.29 is 29.0 Å². The van der Waals surface area contributed by atoms with E-state index in [1.54, 1.807) is 12.2 Å². The van der Waals surface area contributed by atoms with Crippen molar-refractivity contribution in [3.63, 3.8) is 0 Å². The van der Waals surface area contributed by atoms with Gasteiger partial charge in [0.25, 0.3) is 0 Å². The van der Waals surface area contributed by atoms with Crippen LogP contribution < -0.4 is 10.6 Å². The van der Waals surface area contributed by atoms with Gasteiger partial charge in [-0.15, -0.1) is 13.2 Å². The fraction of sp³-hybridized carbons (Fsp3) is 0.400. The number of hydrogen-bond donors (Lipinski definition) is 4. The van der Waals surface area contributed by atoms with E-state index in [1.165, 1.54) is 0 Å². The number of nitrogens with one attached hydrogen (secondary N) is 3. The Morgan fingerprint density at radius 3 is 2.48 bits per heavy atom. The molecule has 0 saturated carbocycles. The lowest BCUT2D eigenvalue weighted by molar-refractivity contribution is -0.150. The van der Waals surface area contributed by atoms with E-state index in [1.807, 2.05) is 60.8 Å². The number of allylic oxidation sites excluding steroid dienone is 2. The highest BCUT2D eigenvalue weighted by Gasteiger charge is 2.26.